The highest BCUT2D eigenvalue weighted by atomic mass is 16.5. The molecule has 1 N–H and O–H groups in total. The summed E-state index contributed by atoms with van der Waals surface area (Å²) in [5, 5.41) is 3.45. The average molecular weight is 259 g/mol. The number of unbranched alkanes of at least 4 members (excludes halogenated alkanes) is 1. The molecule has 1 fully saturated rings. The van der Waals surface area contributed by atoms with Gasteiger partial charge in [0.15, 0.2) is 0 Å². The Labute approximate surface area is 116 Å². The van der Waals surface area contributed by atoms with Crippen molar-refractivity contribution in [3.05, 3.63) is 42.0 Å². The maximum absolute atomic E-state index is 5.74. The average Bonchev–Trinajstić information content (AvgIpc) is 3.26. The van der Waals surface area contributed by atoms with Gasteiger partial charge in [-0.15, -0.1) is 0 Å². The zero-order valence-corrected chi connectivity index (χ0v) is 12.0. The van der Waals surface area contributed by atoms with E-state index in [1.165, 1.54) is 31.2 Å². The second kappa shape index (κ2) is 7.34. The van der Waals surface area contributed by atoms with E-state index in [0.717, 1.165) is 30.3 Å². The van der Waals surface area contributed by atoms with Crippen molar-refractivity contribution in [2.75, 3.05) is 13.2 Å². The smallest absolute Gasteiger partial charge is 0.119 e. The molecule has 0 saturated heterocycles. The number of hydrogen-bond donors (Lipinski definition) is 1. The number of nitrogens with one attached hydrogen (secondary N) is 1. The van der Waals surface area contributed by atoms with Gasteiger partial charge in [0.2, 0.25) is 0 Å². The second-order valence-electron chi connectivity index (χ2n) is 5.44. The summed E-state index contributed by atoms with van der Waals surface area (Å²) < 4.78 is 5.74. The van der Waals surface area contributed by atoms with Crippen molar-refractivity contribution in [1.82, 2.24) is 5.32 Å². The van der Waals surface area contributed by atoms with Gasteiger partial charge < -0.3 is 10.1 Å². The Morgan fingerprint density at radius 1 is 1.32 bits per heavy atom. The quantitative estimate of drug-likeness (QED) is 0.682. The minimum atomic E-state index is 0.605. The van der Waals surface area contributed by atoms with Crippen molar-refractivity contribution in [3.63, 3.8) is 0 Å². The van der Waals surface area contributed by atoms with Gasteiger partial charge in [-0.1, -0.05) is 32.1 Å². The van der Waals surface area contributed by atoms with Crippen molar-refractivity contribution in [2.24, 2.45) is 0 Å². The monoisotopic (exact) mass is 259 g/mol. The van der Waals surface area contributed by atoms with Gasteiger partial charge in [0.05, 0.1) is 0 Å². The van der Waals surface area contributed by atoms with Crippen LogP contribution in [0.2, 0.25) is 0 Å². The van der Waals surface area contributed by atoms with Crippen LogP contribution in [0.25, 0.3) is 0 Å². The van der Waals surface area contributed by atoms with E-state index in [1.54, 1.807) is 0 Å². The first-order valence-electron chi connectivity index (χ1n) is 7.39. The zero-order chi connectivity index (χ0) is 13.5. The lowest BCUT2D eigenvalue weighted by Gasteiger charge is -2.10. The highest BCUT2D eigenvalue weighted by Crippen LogP contribution is 2.19. The first kappa shape index (κ1) is 14.1. The van der Waals surface area contributed by atoms with E-state index in [9.17, 15) is 0 Å². The summed E-state index contributed by atoms with van der Waals surface area (Å²) in [5.74, 6) is 0.938. The number of hydrogen-bond acceptors (Lipinski definition) is 2. The number of aryl methyl sites for hydroxylation is 1. The molecule has 0 amide bonds. The third-order valence-electron chi connectivity index (χ3n) is 3.40. The fourth-order valence-corrected chi connectivity index (χ4v) is 1.95. The third-order valence-corrected chi connectivity index (χ3v) is 3.40. The minimum absolute atomic E-state index is 0.605. The van der Waals surface area contributed by atoms with Crippen LogP contribution in [0.1, 0.15) is 38.2 Å². The lowest BCUT2D eigenvalue weighted by Crippen LogP contribution is -2.21. The Kier molecular flexibility index (Phi) is 5.46. The molecule has 1 aliphatic carbocycles. The molecule has 0 bridgehead atoms. The van der Waals surface area contributed by atoms with Gasteiger partial charge >= 0.3 is 0 Å². The van der Waals surface area contributed by atoms with Gasteiger partial charge in [-0.05, 0) is 49.0 Å². The second-order valence-corrected chi connectivity index (χ2v) is 5.44. The molecule has 104 valence electrons. The maximum Gasteiger partial charge on any atom is 0.119 e. The number of rotatable bonds is 9. The predicted molar refractivity (Wildman–Crippen MR) is 80.7 cm³/mol. The maximum atomic E-state index is 5.74. The van der Waals surface area contributed by atoms with Crippen molar-refractivity contribution in [2.45, 2.75) is 45.1 Å². The van der Waals surface area contributed by atoms with Crippen molar-refractivity contribution < 1.29 is 4.74 Å². The zero-order valence-electron chi connectivity index (χ0n) is 12.0. The van der Waals surface area contributed by atoms with E-state index < -0.39 is 0 Å². The van der Waals surface area contributed by atoms with Gasteiger partial charge in [-0.2, -0.15) is 0 Å². The standard InChI is InChI=1S/C17H25NO/c1-3-4-5-15-6-10-17(11-7-15)19-13-14(2)12-18-16-8-9-16/h6-7,10-11,16,18H,2-5,8-9,12-13H2,1H3. The number of ether oxygens (including phenoxy) is 1. The first-order valence-corrected chi connectivity index (χ1v) is 7.39. The van der Waals surface area contributed by atoms with Crippen molar-refractivity contribution in [1.29, 1.82) is 0 Å². The Morgan fingerprint density at radius 2 is 2.05 bits per heavy atom. The summed E-state index contributed by atoms with van der Waals surface area (Å²) in [7, 11) is 0. The van der Waals surface area contributed by atoms with Crippen LogP contribution in [0.5, 0.6) is 5.75 Å². The largest absolute Gasteiger partial charge is 0.489 e. The molecule has 0 aliphatic heterocycles. The summed E-state index contributed by atoms with van der Waals surface area (Å²) >= 11 is 0. The van der Waals surface area contributed by atoms with Gasteiger partial charge in [0, 0.05) is 12.6 Å². The van der Waals surface area contributed by atoms with Gasteiger partial charge in [-0.25, -0.2) is 0 Å². The molecule has 1 aromatic carbocycles. The van der Waals surface area contributed by atoms with Crippen LogP contribution >= 0.6 is 0 Å². The van der Waals surface area contributed by atoms with Crippen molar-refractivity contribution in [3.8, 4) is 5.75 Å². The molecule has 0 heterocycles. The van der Waals surface area contributed by atoms with Gasteiger partial charge in [0.25, 0.3) is 0 Å². The van der Waals surface area contributed by atoms with Crippen LogP contribution in [0.3, 0.4) is 0 Å². The molecule has 0 spiro atoms. The lowest BCUT2D eigenvalue weighted by molar-refractivity contribution is 0.348. The highest BCUT2D eigenvalue weighted by molar-refractivity contribution is 5.27. The van der Waals surface area contributed by atoms with Crippen LogP contribution in [-0.4, -0.2) is 19.2 Å². The molecule has 2 rings (SSSR count). The predicted octanol–water partition coefficient (Wildman–Crippen LogP) is 3.72. The molecular weight excluding hydrogens is 234 g/mol. The molecule has 1 saturated carbocycles. The van der Waals surface area contributed by atoms with Crippen LogP contribution in [-0.2, 0) is 6.42 Å². The van der Waals surface area contributed by atoms with Crippen LogP contribution in [0, 0.1) is 0 Å². The Hall–Kier alpha value is -1.28. The highest BCUT2D eigenvalue weighted by Gasteiger charge is 2.19. The van der Waals surface area contributed by atoms with E-state index in [4.69, 9.17) is 4.74 Å². The topological polar surface area (TPSA) is 21.3 Å². The summed E-state index contributed by atoms with van der Waals surface area (Å²) in [6.07, 6.45) is 6.28. The minimum Gasteiger partial charge on any atom is -0.489 e. The molecule has 1 aliphatic rings. The third kappa shape index (κ3) is 5.48. The summed E-state index contributed by atoms with van der Waals surface area (Å²) in [6.45, 7) is 7.74. The van der Waals surface area contributed by atoms with Crippen LogP contribution in [0.4, 0.5) is 0 Å². The number of benzene rings is 1. The molecule has 1 aromatic rings. The molecule has 0 radical (unpaired) electrons. The normalized spacial score (nSPS) is 14.4. The fraction of sp³-hybridized carbons (Fsp3) is 0.529. The summed E-state index contributed by atoms with van der Waals surface area (Å²) in [5.41, 5.74) is 2.50. The van der Waals surface area contributed by atoms with E-state index in [0.29, 0.717) is 6.61 Å². The summed E-state index contributed by atoms with van der Waals surface area (Å²) in [4.78, 5) is 0. The van der Waals surface area contributed by atoms with Gasteiger partial charge in [0.1, 0.15) is 12.4 Å². The Bertz CT molecular complexity index is 392. The Balaban J connectivity index is 1.67. The van der Waals surface area contributed by atoms with E-state index in [-0.39, 0.29) is 0 Å². The van der Waals surface area contributed by atoms with Crippen LogP contribution in [0.15, 0.2) is 36.4 Å². The van der Waals surface area contributed by atoms with Crippen molar-refractivity contribution >= 4 is 0 Å². The van der Waals surface area contributed by atoms with Gasteiger partial charge in [-0.3, -0.25) is 0 Å². The lowest BCUT2D eigenvalue weighted by atomic mass is 10.1. The molecule has 0 atom stereocenters. The molecule has 19 heavy (non-hydrogen) atoms. The van der Waals surface area contributed by atoms with Crippen LogP contribution < -0.4 is 10.1 Å². The molecule has 2 heteroatoms. The van der Waals surface area contributed by atoms with E-state index in [2.05, 4.69) is 43.1 Å². The fourth-order valence-electron chi connectivity index (χ4n) is 1.95. The summed E-state index contributed by atoms with van der Waals surface area (Å²) in [6, 6.07) is 9.18. The molecule has 2 nitrogen and oxygen atoms in total. The van der Waals surface area contributed by atoms with E-state index >= 15 is 0 Å². The Morgan fingerprint density at radius 3 is 2.68 bits per heavy atom. The van der Waals surface area contributed by atoms with E-state index in [1.807, 2.05) is 0 Å². The first-order chi connectivity index (χ1) is 9.28. The molecule has 0 unspecified atom stereocenters. The molecular formula is C17H25NO. The SMILES string of the molecule is C=C(CNC1CC1)COc1ccc(CCCC)cc1. The molecule has 0 aromatic heterocycles.